The predicted molar refractivity (Wildman–Crippen MR) is 75.1 cm³/mol. The summed E-state index contributed by atoms with van der Waals surface area (Å²) >= 11 is 0. The van der Waals surface area contributed by atoms with E-state index in [1.165, 1.54) is 0 Å². The van der Waals surface area contributed by atoms with Crippen LogP contribution in [0.15, 0.2) is 0 Å². The van der Waals surface area contributed by atoms with Crippen LogP contribution < -0.4 is 5.32 Å². The summed E-state index contributed by atoms with van der Waals surface area (Å²) in [6.07, 6.45) is 2.10. The number of hydrogen-bond acceptors (Lipinski definition) is 4. The molecular formula is C14H31NO3. The topological polar surface area (TPSA) is 39.7 Å². The van der Waals surface area contributed by atoms with Gasteiger partial charge in [-0.05, 0) is 40.2 Å². The molecule has 18 heavy (non-hydrogen) atoms. The molecule has 0 saturated heterocycles. The molecule has 1 N–H and O–H groups in total. The predicted octanol–water partition coefficient (Wildman–Crippen LogP) is 2.22. The molecule has 0 fully saturated rings. The minimum absolute atomic E-state index is 0.196. The van der Waals surface area contributed by atoms with Crippen molar-refractivity contribution in [3.8, 4) is 0 Å². The fraction of sp³-hybridized carbons (Fsp3) is 1.00. The highest BCUT2D eigenvalue weighted by molar-refractivity contribution is 4.69. The van der Waals surface area contributed by atoms with E-state index in [0.29, 0.717) is 26.4 Å². The lowest BCUT2D eigenvalue weighted by atomic mass is 10.1. The Bertz CT molecular complexity index is 169. The lowest BCUT2D eigenvalue weighted by Crippen LogP contribution is -2.36. The molecule has 0 aromatic heterocycles. The Morgan fingerprint density at radius 3 is 1.78 bits per heavy atom. The van der Waals surface area contributed by atoms with Gasteiger partial charge < -0.3 is 19.5 Å². The van der Waals surface area contributed by atoms with Crippen molar-refractivity contribution in [2.45, 2.75) is 46.1 Å². The van der Waals surface area contributed by atoms with E-state index in [9.17, 15) is 0 Å². The molecule has 0 radical (unpaired) electrons. The van der Waals surface area contributed by atoms with Gasteiger partial charge >= 0.3 is 0 Å². The Kier molecular flexibility index (Phi) is 11.8. The van der Waals surface area contributed by atoms with Crippen LogP contribution in [0.2, 0.25) is 0 Å². The van der Waals surface area contributed by atoms with Gasteiger partial charge in [-0.3, -0.25) is 0 Å². The van der Waals surface area contributed by atoms with Gasteiger partial charge in [-0.25, -0.2) is 0 Å². The van der Waals surface area contributed by atoms with Crippen molar-refractivity contribution in [3.05, 3.63) is 0 Å². The summed E-state index contributed by atoms with van der Waals surface area (Å²) in [4.78, 5) is 0. The maximum Gasteiger partial charge on any atom is 0.0701 e. The van der Waals surface area contributed by atoms with Gasteiger partial charge in [-0.15, -0.1) is 0 Å². The van der Waals surface area contributed by atoms with Gasteiger partial charge in [-0.1, -0.05) is 6.92 Å². The molecule has 4 nitrogen and oxygen atoms in total. The highest BCUT2D eigenvalue weighted by atomic mass is 16.5. The molecule has 0 unspecified atom stereocenters. The molecule has 0 atom stereocenters. The van der Waals surface area contributed by atoms with E-state index in [0.717, 1.165) is 32.6 Å². The van der Waals surface area contributed by atoms with E-state index >= 15 is 0 Å². The average Bonchev–Trinajstić information content (AvgIpc) is 2.29. The van der Waals surface area contributed by atoms with Crippen molar-refractivity contribution in [1.29, 1.82) is 0 Å². The van der Waals surface area contributed by atoms with Gasteiger partial charge in [-0.2, -0.15) is 0 Å². The van der Waals surface area contributed by atoms with Crippen molar-refractivity contribution < 1.29 is 14.2 Å². The third-order valence-electron chi connectivity index (χ3n) is 2.21. The van der Waals surface area contributed by atoms with E-state index in [4.69, 9.17) is 14.2 Å². The first-order chi connectivity index (χ1) is 8.56. The molecule has 0 amide bonds. The van der Waals surface area contributed by atoms with Crippen molar-refractivity contribution in [2.24, 2.45) is 0 Å². The minimum Gasteiger partial charge on any atom is -0.379 e. The van der Waals surface area contributed by atoms with Gasteiger partial charge in [0.05, 0.1) is 26.4 Å². The lowest BCUT2D eigenvalue weighted by Gasteiger charge is -2.20. The molecule has 0 aliphatic rings. The molecule has 0 saturated carbocycles. The minimum atomic E-state index is 0.196. The molecule has 110 valence electrons. The lowest BCUT2D eigenvalue weighted by molar-refractivity contribution is 0.0142. The summed E-state index contributed by atoms with van der Waals surface area (Å²) in [5.74, 6) is 0. The molecule has 0 aromatic rings. The van der Waals surface area contributed by atoms with Crippen LogP contribution in [0.4, 0.5) is 0 Å². The first-order valence-electron chi connectivity index (χ1n) is 7.04. The normalized spacial score (nSPS) is 12.0. The third kappa shape index (κ3) is 15.8. The second-order valence-corrected chi connectivity index (χ2v) is 5.37. The number of rotatable bonds is 12. The molecule has 0 spiro atoms. The Hall–Kier alpha value is -0.160. The van der Waals surface area contributed by atoms with Crippen LogP contribution in [0.1, 0.15) is 40.5 Å². The standard InChI is InChI=1S/C14H31NO3/c1-5-8-16-10-12-18-13-11-17-9-6-7-15-14(2,3)4/h15H,5-13H2,1-4H3. The average molecular weight is 261 g/mol. The van der Waals surface area contributed by atoms with Gasteiger partial charge in [0, 0.05) is 18.8 Å². The largest absolute Gasteiger partial charge is 0.379 e. The van der Waals surface area contributed by atoms with Crippen LogP contribution in [0.3, 0.4) is 0 Å². The van der Waals surface area contributed by atoms with Crippen molar-refractivity contribution in [3.63, 3.8) is 0 Å². The molecule has 0 heterocycles. The summed E-state index contributed by atoms with van der Waals surface area (Å²) in [6, 6.07) is 0. The van der Waals surface area contributed by atoms with Gasteiger partial charge in [0.25, 0.3) is 0 Å². The first-order valence-corrected chi connectivity index (χ1v) is 7.04. The van der Waals surface area contributed by atoms with Crippen LogP contribution in [0.5, 0.6) is 0 Å². The molecule has 0 aliphatic heterocycles. The Balaban J connectivity index is 2.99. The summed E-state index contributed by atoms with van der Waals surface area (Å²) in [7, 11) is 0. The van der Waals surface area contributed by atoms with E-state index in [2.05, 4.69) is 33.0 Å². The highest BCUT2D eigenvalue weighted by Crippen LogP contribution is 1.97. The Morgan fingerprint density at radius 1 is 0.778 bits per heavy atom. The van der Waals surface area contributed by atoms with Crippen LogP contribution in [0.25, 0.3) is 0 Å². The van der Waals surface area contributed by atoms with Gasteiger partial charge in [0.2, 0.25) is 0 Å². The molecule has 0 aliphatic carbocycles. The van der Waals surface area contributed by atoms with Crippen LogP contribution in [-0.2, 0) is 14.2 Å². The van der Waals surface area contributed by atoms with Gasteiger partial charge in [0.1, 0.15) is 0 Å². The van der Waals surface area contributed by atoms with Crippen LogP contribution in [-0.4, -0.2) is 51.7 Å². The molecule has 0 bridgehead atoms. The van der Waals surface area contributed by atoms with Crippen LogP contribution in [0, 0.1) is 0 Å². The quantitative estimate of drug-likeness (QED) is 0.547. The third-order valence-corrected chi connectivity index (χ3v) is 2.21. The number of hydrogen-bond donors (Lipinski definition) is 1. The summed E-state index contributed by atoms with van der Waals surface area (Å²) in [6.45, 7) is 13.9. The number of ether oxygens (including phenoxy) is 3. The van der Waals surface area contributed by atoms with Crippen LogP contribution >= 0.6 is 0 Å². The molecule has 4 heteroatoms. The Labute approximate surface area is 112 Å². The monoisotopic (exact) mass is 261 g/mol. The van der Waals surface area contributed by atoms with E-state index in [1.807, 2.05) is 0 Å². The van der Waals surface area contributed by atoms with Gasteiger partial charge in [0.15, 0.2) is 0 Å². The van der Waals surface area contributed by atoms with Crippen molar-refractivity contribution in [1.82, 2.24) is 5.32 Å². The smallest absolute Gasteiger partial charge is 0.0701 e. The van der Waals surface area contributed by atoms with E-state index in [-0.39, 0.29) is 5.54 Å². The maximum absolute atomic E-state index is 5.47. The summed E-state index contributed by atoms with van der Waals surface area (Å²) < 4.78 is 16.1. The zero-order chi connectivity index (χ0) is 13.7. The van der Waals surface area contributed by atoms with E-state index < -0.39 is 0 Å². The zero-order valence-electron chi connectivity index (χ0n) is 12.6. The summed E-state index contributed by atoms with van der Waals surface area (Å²) in [5, 5.41) is 3.42. The fourth-order valence-electron chi connectivity index (χ4n) is 1.32. The summed E-state index contributed by atoms with van der Waals surface area (Å²) in [5.41, 5.74) is 0.196. The Morgan fingerprint density at radius 2 is 1.28 bits per heavy atom. The van der Waals surface area contributed by atoms with Crippen molar-refractivity contribution >= 4 is 0 Å². The van der Waals surface area contributed by atoms with Crippen molar-refractivity contribution in [2.75, 3.05) is 46.2 Å². The number of nitrogens with one attached hydrogen (secondary N) is 1. The zero-order valence-corrected chi connectivity index (χ0v) is 12.6. The SMILES string of the molecule is CCCOCCOCCOCCCNC(C)(C)C. The second kappa shape index (κ2) is 11.9. The fourth-order valence-corrected chi connectivity index (χ4v) is 1.32. The molecule has 0 rings (SSSR count). The second-order valence-electron chi connectivity index (χ2n) is 5.37. The molecular weight excluding hydrogens is 230 g/mol. The molecule has 0 aromatic carbocycles. The maximum atomic E-state index is 5.47. The highest BCUT2D eigenvalue weighted by Gasteiger charge is 2.06. The first kappa shape index (κ1) is 17.8. The van der Waals surface area contributed by atoms with E-state index in [1.54, 1.807) is 0 Å².